The van der Waals surface area contributed by atoms with Gasteiger partial charge in [-0.1, -0.05) is 190 Å². The van der Waals surface area contributed by atoms with Crippen LogP contribution in [0.3, 0.4) is 0 Å². The van der Waals surface area contributed by atoms with Gasteiger partial charge in [0.25, 0.3) is 0 Å². The fraction of sp³-hybridized carbons (Fsp3) is 0.0500. The summed E-state index contributed by atoms with van der Waals surface area (Å²) in [6, 6.07) is 75.0. The standard InChI is InChI=1S/C60H41N3O/c1-60(2)52-24-10-9-22-49(52)51-36-44(31-33-53(51)60)43-19-12-21-46(35-43)58-61-57(45-20-11-18-42(34-45)40-28-26-39(27-29-40)38-14-5-3-6-15-38)62-59(63-58)47-30-32-50-55(37-47)64-54-25-13-23-48(56(50)54)41-16-7-4-8-17-41/h3-37H,1-2H3. The number of hydrogen-bond donors (Lipinski definition) is 0. The van der Waals surface area contributed by atoms with Gasteiger partial charge in [-0.2, -0.15) is 0 Å². The molecule has 0 spiro atoms. The van der Waals surface area contributed by atoms with Gasteiger partial charge in [0, 0.05) is 32.9 Å². The minimum atomic E-state index is -0.0531. The Morgan fingerprint density at radius 3 is 1.45 bits per heavy atom. The van der Waals surface area contributed by atoms with Crippen LogP contribution in [-0.4, -0.2) is 15.0 Å². The Kier molecular flexibility index (Phi) is 8.80. The third-order valence-electron chi connectivity index (χ3n) is 13.0. The smallest absolute Gasteiger partial charge is 0.164 e. The molecular weight excluding hydrogens is 779 g/mol. The molecule has 2 aromatic heterocycles. The molecule has 0 unspecified atom stereocenters. The van der Waals surface area contributed by atoms with E-state index in [0.29, 0.717) is 17.5 Å². The number of fused-ring (bicyclic) bond motifs is 6. The molecule has 64 heavy (non-hydrogen) atoms. The number of furan rings is 1. The first kappa shape index (κ1) is 37.5. The first-order valence-electron chi connectivity index (χ1n) is 21.8. The lowest BCUT2D eigenvalue weighted by Crippen LogP contribution is -2.14. The summed E-state index contributed by atoms with van der Waals surface area (Å²) in [6.07, 6.45) is 0. The number of rotatable bonds is 7. The highest BCUT2D eigenvalue weighted by molar-refractivity contribution is 6.13. The molecule has 1 aliphatic rings. The maximum absolute atomic E-state index is 6.57. The predicted octanol–water partition coefficient (Wildman–Crippen LogP) is 15.7. The summed E-state index contributed by atoms with van der Waals surface area (Å²) >= 11 is 0. The van der Waals surface area contributed by atoms with Crippen LogP contribution in [-0.2, 0) is 5.41 Å². The first-order chi connectivity index (χ1) is 31.4. The molecule has 0 fully saturated rings. The molecule has 0 saturated heterocycles. The minimum Gasteiger partial charge on any atom is -0.456 e. The van der Waals surface area contributed by atoms with Crippen LogP contribution in [0.25, 0.3) is 112 Å². The average Bonchev–Trinajstić information content (AvgIpc) is 3.85. The Hall–Kier alpha value is -8.21. The van der Waals surface area contributed by atoms with Crippen LogP contribution in [0.1, 0.15) is 25.0 Å². The van der Waals surface area contributed by atoms with Crippen LogP contribution in [0.5, 0.6) is 0 Å². The molecule has 0 saturated carbocycles. The molecule has 2 heterocycles. The topological polar surface area (TPSA) is 51.8 Å². The molecular formula is C60H41N3O. The summed E-state index contributed by atoms with van der Waals surface area (Å²) in [4.78, 5) is 15.7. The lowest BCUT2D eigenvalue weighted by atomic mass is 9.82. The van der Waals surface area contributed by atoms with Crippen molar-refractivity contribution in [3.63, 3.8) is 0 Å². The molecule has 0 radical (unpaired) electrons. The van der Waals surface area contributed by atoms with Crippen molar-refractivity contribution >= 4 is 21.9 Å². The van der Waals surface area contributed by atoms with Crippen LogP contribution >= 0.6 is 0 Å². The monoisotopic (exact) mass is 819 g/mol. The van der Waals surface area contributed by atoms with E-state index in [2.05, 4.69) is 208 Å². The molecule has 0 aliphatic heterocycles. The van der Waals surface area contributed by atoms with Crippen LogP contribution in [0.4, 0.5) is 0 Å². The Morgan fingerprint density at radius 1 is 0.312 bits per heavy atom. The van der Waals surface area contributed by atoms with Crippen molar-refractivity contribution in [2.45, 2.75) is 19.3 Å². The molecule has 4 heteroatoms. The SMILES string of the molecule is CC1(C)c2ccccc2-c2cc(-c3cccc(-c4nc(-c5cccc(-c6ccc(-c7ccccc7)cc6)c5)nc(-c5ccc6c(c5)oc5cccc(-c7ccccc7)c56)n4)c3)ccc21. The molecule has 302 valence electrons. The Labute approximate surface area is 372 Å². The van der Waals surface area contributed by atoms with Gasteiger partial charge in [0.15, 0.2) is 17.5 Å². The molecule has 0 amide bonds. The van der Waals surface area contributed by atoms with E-state index in [1.807, 2.05) is 18.2 Å². The van der Waals surface area contributed by atoms with Crippen LogP contribution in [0.2, 0.25) is 0 Å². The van der Waals surface area contributed by atoms with Crippen molar-refractivity contribution < 1.29 is 4.42 Å². The third kappa shape index (κ3) is 6.42. The van der Waals surface area contributed by atoms with Crippen molar-refractivity contribution in [2.75, 3.05) is 0 Å². The molecule has 0 atom stereocenters. The largest absolute Gasteiger partial charge is 0.456 e. The van der Waals surface area contributed by atoms with E-state index < -0.39 is 0 Å². The molecule has 1 aliphatic carbocycles. The highest BCUT2D eigenvalue weighted by Crippen LogP contribution is 2.49. The third-order valence-corrected chi connectivity index (χ3v) is 13.0. The predicted molar refractivity (Wildman–Crippen MR) is 263 cm³/mol. The van der Waals surface area contributed by atoms with Crippen molar-refractivity contribution in [1.29, 1.82) is 0 Å². The summed E-state index contributed by atoms with van der Waals surface area (Å²) in [7, 11) is 0. The number of nitrogens with zero attached hydrogens (tertiary/aromatic N) is 3. The maximum Gasteiger partial charge on any atom is 0.164 e. The van der Waals surface area contributed by atoms with Gasteiger partial charge in [-0.25, -0.2) is 15.0 Å². The molecule has 4 nitrogen and oxygen atoms in total. The van der Waals surface area contributed by atoms with E-state index >= 15 is 0 Å². The molecule has 9 aromatic carbocycles. The number of aromatic nitrogens is 3. The second kappa shape index (κ2) is 15.0. The van der Waals surface area contributed by atoms with Gasteiger partial charge in [-0.3, -0.25) is 0 Å². The Morgan fingerprint density at radius 2 is 0.766 bits per heavy atom. The van der Waals surface area contributed by atoms with Gasteiger partial charge in [0.05, 0.1) is 0 Å². The van der Waals surface area contributed by atoms with Crippen LogP contribution < -0.4 is 0 Å². The highest BCUT2D eigenvalue weighted by atomic mass is 16.3. The zero-order chi connectivity index (χ0) is 42.8. The molecule has 0 bridgehead atoms. The van der Waals surface area contributed by atoms with Gasteiger partial charge in [0.1, 0.15) is 11.2 Å². The molecule has 12 rings (SSSR count). The first-order valence-corrected chi connectivity index (χ1v) is 21.8. The van der Waals surface area contributed by atoms with E-state index in [0.717, 1.165) is 72.0 Å². The van der Waals surface area contributed by atoms with Gasteiger partial charge in [-0.05, 0) is 103 Å². The second-order valence-corrected chi connectivity index (χ2v) is 17.2. The lowest BCUT2D eigenvalue weighted by Gasteiger charge is -2.21. The van der Waals surface area contributed by atoms with E-state index in [1.165, 1.54) is 33.4 Å². The van der Waals surface area contributed by atoms with E-state index in [9.17, 15) is 0 Å². The second-order valence-electron chi connectivity index (χ2n) is 17.2. The average molecular weight is 820 g/mol. The fourth-order valence-electron chi connectivity index (χ4n) is 9.65. The minimum absolute atomic E-state index is 0.0531. The van der Waals surface area contributed by atoms with Gasteiger partial charge >= 0.3 is 0 Å². The Balaban J connectivity index is 0.978. The van der Waals surface area contributed by atoms with Crippen molar-refractivity contribution in [3.05, 3.63) is 223 Å². The number of hydrogen-bond acceptors (Lipinski definition) is 4. The fourth-order valence-corrected chi connectivity index (χ4v) is 9.65. The number of benzene rings is 9. The molecule has 11 aromatic rings. The zero-order valence-corrected chi connectivity index (χ0v) is 35.5. The summed E-state index contributed by atoms with van der Waals surface area (Å²) in [5, 5.41) is 2.14. The van der Waals surface area contributed by atoms with Gasteiger partial charge in [-0.15, -0.1) is 0 Å². The quantitative estimate of drug-likeness (QED) is 0.161. The van der Waals surface area contributed by atoms with Crippen molar-refractivity contribution in [1.82, 2.24) is 15.0 Å². The van der Waals surface area contributed by atoms with Crippen LogP contribution in [0.15, 0.2) is 217 Å². The van der Waals surface area contributed by atoms with E-state index in [1.54, 1.807) is 0 Å². The summed E-state index contributed by atoms with van der Waals surface area (Å²) < 4.78 is 6.57. The normalized spacial score (nSPS) is 12.7. The van der Waals surface area contributed by atoms with Gasteiger partial charge in [0.2, 0.25) is 0 Å². The summed E-state index contributed by atoms with van der Waals surface area (Å²) in [5.74, 6) is 1.77. The molecule has 0 N–H and O–H groups in total. The highest BCUT2D eigenvalue weighted by Gasteiger charge is 2.35. The Bertz CT molecular complexity index is 3570. The summed E-state index contributed by atoms with van der Waals surface area (Å²) in [6.45, 7) is 4.64. The van der Waals surface area contributed by atoms with Gasteiger partial charge < -0.3 is 4.42 Å². The summed E-state index contributed by atoms with van der Waals surface area (Å²) in [5.41, 5.74) is 18.7. The van der Waals surface area contributed by atoms with Crippen LogP contribution in [0, 0.1) is 0 Å². The van der Waals surface area contributed by atoms with E-state index in [4.69, 9.17) is 19.4 Å². The maximum atomic E-state index is 6.57. The zero-order valence-electron chi connectivity index (χ0n) is 35.5. The van der Waals surface area contributed by atoms with E-state index in [-0.39, 0.29) is 5.41 Å². The van der Waals surface area contributed by atoms with Crippen molar-refractivity contribution in [3.8, 4) is 89.8 Å². The lowest BCUT2D eigenvalue weighted by molar-refractivity contribution is 0.660. The van der Waals surface area contributed by atoms with Crippen molar-refractivity contribution in [2.24, 2.45) is 0 Å².